The third kappa shape index (κ3) is 3.70. The molecule has 0 saturated carbocycles. The molecule has 7 heteroatoms. The van der Waals surface area contributed by atoms with E-state index in [2.05, 4.69) is 10.1 Å². The molecule has 1 atom stereocenters. The third-order valence-corrected chi connectivity index (χ3v) is 4.47. The van der Waals surface area contributed by atoms with E-state index in [1.807, 2.05) is 36.0 Å². The molecular formula is C18H23N5O2. The summed E-state index contributed by atoms with van der Waals surface area (Å²) >= 11 is 0. The van der Waals surface area contributed by atoms with Crippen LogP contribution in [-0.2, 0) is 11.3 Å². The first-order valence-corrected chi connectivity index (χ1v) is 8.43. The minimum atomic E-state index is -0.256. The van der Waals surface area contributed by atoms with Crippen molar-refractivity contribution < 1.29 is 4.79 Å². The molecule has 0 spiro atoms. The highest BCUT2D eigenvalue weighted by molar-refractivity contribution is 5.76. The highest BCUT2D eigenvalue weighted by Gasteiger charge is 2.30. The maximum Gasteiger partial charge on any atom is 0.267 e. The van der Waals surface area contributed by atoms with Gasteiger partial charge in [-0.2, -0.15) is 5.10 Å². The summed E-state index contributed by atoms with van der Waals surface area (Å²) in [4.78, 5) is 32.8. The van der Waals surface area contributed by atoms with Gasteiger partial charge in [0.25, 0.3) is 5.56 Å². The van der Waals surface area contributed by atoms with E-state index in [4.69, 9.17) is 0 Å². The van der Waals surface area contributed by atoms with Crippen molar-refractivity contribution in [2.24, 2.45) is 0 Å². The normalized spacial score (nSPS) is 16.9. The molecule has 0 aromatic carbocycles. The average molecular weight is 341 g/mol. The second-order valence-electron chi connectivity index (χ2n) is 6.56. The first-order valence-electron chi connectivity index (χ1n) is 8.43. The Labute approximate surface area is 146 Å². The summed E-state index contributed by atoms with van der Waals surface area (Å²) in [5.41, 5.74) is 1.54. The fourth-order valence-electron chi connectivity index (χ4n) is 3.18. The van der Waals surface area contributed by atoms with Gasteiger partial charge < -0.3 is 9.80 Å². The Morgan fingerprint density at radius 1 is 1.32 bits per heavy atom. The molecule has 1 aliphatic heterocycles. The predicted octanol–water partition coefficient (Wildman–Crippen LogP) is 1.38. The van der Waals surface area contributed by atoms with Crippen LogP contribution in [-0.4, -0.2) is 46.2 Å². The number of hydrogen-bond donors (Lipinski definition) is 0. The van der Waals surface area contributed by atoms with Gasteiger partial charge in [0, 0.05) is 32.9 Å². The SMILES string of the molecule is Cc1ccc(=O)n(CC(=O)N2CCC[C@H]2c2ccnc(N(C)C)c2)n1. The lowest BCUT2D eigenvalue weighted by Crippen LogP contribution is -2.37. The number of aromatic nitrogens is 3. The van der Waals surface area contributed by atoms with E-state index in [1.54, 1.807) is 19.2 Å². The van der Waals surface area contributed by atoms with Gasteiger partial charge in [0.2, 0.25) is 5.91 Å². The minimum Gasteiger partial charge on any atom is -0.363 e. The Balaban J connectivity index is 1.81. The van der Waals surface area contributed by atoms with Crippen LogP contribution in [0.3, 0.4) is 0 Å². The average Bonchev–Trinajstić information content (AvgIpc) is 3.08. The van der Waals surface area contributed by atoms with E-state index in [9.17, 15) is 9.59 Å². The lowest BCUT2D eigenvalue weighted by atomic mass is 10.1. The first-order chi connectivity index (χ1) is 12.0. The van der Waals surface area contributed by atoms with Crippen molar-refractivity contribution in [1.82, 2.24) is 19.7 Å². The summed E-state index contributed by atoms with van der Waals surface area (Å²) in [6, 6.07) is 7.10. The van der Waals surface area contributed by atoms with E-state index >= 15 is 0 Å². The summed E-state index contributed by atoms with van der Waals surface area (Å²) < 4.78 is 1.24. The Bertz CT molecular complexity index is 830. The van der Waals surface area contributed by atoms with Crippen LogP contribution in [0.1, 0.15) is 30.1 Å². The van der Waals surface area contributed by atoms with E-state index in [0.717, 1.165) is 29.9 Å². The molecule has 3 heterocycles. The molecular weight excluding hydrogens is 318 g/mol. The number of aryl methyl sites for hydroxylation is 1. The molecule has 132 valence electrons. The van der Waals surface area contributed by atoms with Gasteiger partial charge in [0.1, 0.15) is 12.4 Å². The van der Waals surface area contributed by atoms with Crippen LogP contribution in [0.15, 0.2) is 35.3 Å². The van der Waals surface area contributed by atoms with Gasteiger partial charge >= 0.3 is 0 Å². The van der Waals surface area contributed by atoms with Crippen molar-refractivity contribution in [2.75, 3.05) is 25.5 Å². The molecule has 2 aromatic heterocycles. The third-order valence-electron chi connectivity index (χ3n) is 4.47. The lowest BCUT2D eigenvalue weighted by Gasteiger charge is -2.26. The first kappa shape index (κ1) is 17.1. The number of likely N-dealkylation sites (tertiary alicyclic amines) is 1. The molecule has 1 fully saturated rings. The summed E-state index contributed by atoms with van der Waals surface area (Å²) in [5.74, 6) is 0.791. The molecule has 1 amide bonds. The number of nitrogens with zero attached hydrogens (tertiary/aromatic N) is 5. The molecule has 0 bridgehead atoms. The Morgan fingerprint density at radius 2 is 2.12 bits per heavy atom. The van der Waals surface area contributed by atoms with Crippen LogP contribution >= 0.6 is 0 Å². The number of rotatable bonds is 4. The molecule has 0 aliphatic carbocycles. The van der Waals surface area contributed by atoms with Crippen molar-refractivity contribution >= 4 is 11.7 Å². The molecule has 0 N–H and O–H groups in total. The molecule has 0 radical (unpaired) electrons. The minimum absolute atomic E-state index is 0.0229. The zero-order valence-corrected chi connectivity index (χ0v) is 14.8. The van der Waals surface area contributed by atoms with Crippen molar-refractivity contribution in [1.29, 1.82) is 0 Å². The molecule has 3 rings (SSSR count). The summed E-state index contributed by atoms with van der Waals surface area (Å²) in [7, 11) is 3.89. The standard InChI is InChI=1S/C18H23N5O2/c1-13-6-7-17(24)23(20-13)12-18(25)22-10-4-5-15(22)14-8-9-19-16(11-14)21(2)3/h6-9,11,15H,4-5,10,12H2,1-3H3/t15-/m0/s1. The number of hydrogen-bond acceptors (Lipinski definition) is 5. The topological polar surface area (TPSA) is 71.3 Å². The monoisotopic (exact) mass is 341 g/mol. The predicted molar refractivity (Wildman–Crippen MR) is 95.5 cm³/mol. The molecule has 1 saturated heterocycles. The second kappa shape index (κ2) is 7.04. The van der Waals surface area contributed by atoms with Gasteiger partial charge in [0.05, 0.1) is 11.7 Å². The number of pyridine rings is 1. The summed E-state index contributed by atoms with van der Waals surface area (Å²) in [5, 5.41) is 4.16. The van der Waals surface area contributed by atoms with E-state index in [0.29, 0.717) is 6.54 Å². The maximum absolute atomic E-state index is 12.8. The molecule has 1 aliphatic rings. The zero-order chi connectivity index (χ0) is 18.0. The van der Waals surface area contributed by atoms with E-state index in [-0.39, 0.29) is 24.1 Å². The smallest absolute Gasteiger partial charge is 0.267 e. The Kier molecular flexibility index (Phi) is 4.83. The second-order valence-corrected chi connectivity index (χ2v) is 6.56. The number of anilines is 1. The van der Waals surface area contributed by atoms with Gasteiger partial charge in [-0.3, -0.25) is 9.59 Å². The van der Waals surface area contributed by atoms with Crippen LogP contribution in [0.2, 0.25) is 0 Å². The van der Waals surface area contributed by atoms with Gasteiger partial charge in [-0.1, -0.05) is 0 Å². The molecule has 25 heavy (non-hydrogen) atoms. The van der Waals surface area contributed by atoms with Crippen LogP contribution in [0.4, 0.5) is 5.82 Å². The number of carbonyl (C=O) groups excluding carboxylic acids is 1. The fourth-order valence-corrected chi connectivity index (χ4v) is 3.18. The van der Waals surface area contributed by atoms with E-state index < -0.39 is 0 Å². The van der Waals surface area contributed by atoms with Gasteiger partial charge in [-0.05, 0) is 43.5 Å². The summed E-state index contributed by atoms with van der Waals surface area (Å²) in [6.45, 7) is 2.48. The van der Waals surface area contributed by atoms with Crippen LogP contribution in [0, 0.1) is 6.92 Å². The maximum atomic E-state index is 12.8. The van der Waals surface area contributed by atoms with Crippen molar-refractivity contribution in [3.05, 3.63) is 52.1 Å². The Morgan fingerprint density at radius 3 is 2.88 bits per heavy atom. The van der Waals surface area contributed by atoms with Crippen LogP contribution < -0.4 is 10.5 Å². The van der Waals surface area contributed by atoms with Crippen molar-refractivity contribution in [3.8, 4) is 0 Å². The zero-order valence-electron chi connectivity index (χ0n) is 14.8. The van der Waals surface area contributed by atoms with Gasteiger partial charge in [-0.25, -0.2) is 9.67 Å². The number of amides is 1. The molecule has 7 nitrogen and oxygen atoms in total. The largest absolute Gasteiger partial charge is 0.363 e. The quantitative estimate of drug-likeness (QED) is 0.840. The fraction of sp³-hybridized carbons (Fsp3) is 0.444. The lowest BCUT2D eigenvalue weighted by molar-refractivity contribution is -0.133. The summed E-state index contributed by atoms with van der Waals surface area (Å²) in [6.07, 6.45) is 3.64. The van der Waals surface area contributed by atoms with Gasteiger partial charge in [-0.15, -0.1) is 0 Å². The highest BCUT2D eigenvalue weighted by Crippen LogP contribution is 2.32. The van der Waals surface area contributed by atoms with Crippen LogP contribution in [0.25, 0.3) is 0 Å². The number of carbonyl (C=O) groups is 1. The van der Waals surface area contributed by atoms with Crippen molar-refractivity contribution in [2.45, 2.75) is 32.4 Å². The molecule has 0 unspecified atom stereocenters. The highest BCUT2D eigenvalue weighted by atomic mass is 16.2. The van der Waals surface area contributed by atoms with E-state index in [1.165, 1.54) is 10.7 Å². The van der Waals surface area contributed by atoms with Crippen LogP contribution in [0.5, 0.6) is 0 Å². The Hall–Kier alpha value is -2.70. The van der Waals surface area contributed by atoms with Crippen molar-refractivity contribution in [3.63, 3.8) is 0 Å². The molecule has 2 aromatic rings. The van der Waals surface area contributed by atoms with Gasteiger partial charge in [0.15, 0.2) is 0 Å².